The van der Waals surface area contributed by atoms with Gasteiger partial charge in [-0.1, -0.05) is 19.0 Å². The molecule has 1 N–H and O–H groups in total. The van der Waals surface area contributed by atoms with Gasteiger partial charge in [0.15, 0.2) is 6.10 Å². The summed E-state index contributed by atoms with van der Waals surface area (Å²) in [5, 5.41) is 7.12. The molecule has 142 valence electrons. The van der Waals surface area contributed by atoms with Crippen molar-refractivity contribution in [3.8, 4) is 0 Å². The number of hydrogen-bond acceptors (Lipinski definition) is 6. The first-order chi connectivity index (χ1) is 11.7. The van der Waals surface area contributed by atoms with Gasteiger partial charge in [-0.3, -0.25) is 4.79 Å². The van der Waals surface area contributed by atoms with Crippen LogP contribution in [0.4, 0.5) is 4.79 Å². The summed E-state index contributed by atoms with van der Waals surface area (Å²) in [6, 6.07) is -0.334. The molecule has 0 aromatic heterocycles. The van der Waals surface area contributed by atoms with Crippen LogP contribution in [0.1, 0.15) is 53.9 Å². The lowest BCUT2D eigenvalue weighted by Gasteiger charge is -2.23. The third-order valence-corrected chi connectivity index (χ3v) is 4.92. The van der Waals surface area contributed by atoms with Crippen molar-refractivity contribution in [1.82, 2.24) is 5.32 Å². The van der Waals surface area contributed by atoms with Gasteiger partial charge in [0, 0.05) is 5.92 Å². The maximum Gasteiger partial charge on any atom is 0.408 e. The molecule has 4 atom stereocenters. The lowest BCUT2D eigenvalue weighted by Crippen LogP contribution is -2.44. The standard InChI is InChI=1S/C18H30N2O5/c1-7-10(8-2)14-13-11(16(21)23-6)9-12(15(13)25-20-14)19-17(22)24-18(3,4)5/h10-13,15H,7-9H2,1-6H3,(H,19,22)/t11-,12+,13+,15+/m0/s1. The van der Waals surface area contributed by atoms with Crippen molar-refractivity contribution in [2.75, 3.05) is 7.11 Å². The van der Waals surface area contributed by atoms with E-state index in [0.717, 1.165) is 18.6 Å². The van der Waals surface area contributed by atoms with Crippen LogP contribution in [0, 0.1) is 17.8 Å². The first-order valence-electron chi connectivity index (χ1n) is 9.02. The molecule has 1 heterocycles. The second kappa shape index (κ2) is 7.62. The van der Waals surface area contributed by atoms with E-state index in [4.69, 9.17) is 14.3 Å². The fraction of sp³-hybridized carbons (Fsp3) is 0.833. The summed E-state index contributed by atoms with van der Waals surface area (Å²) < 4.78 is 10.3. The Labute approximate surface area is 149 Å². The number of hydrogen-bond donors (Lipinski definition) is 1. The molecule has 1 aliphatic carbocycles. The number of esters is 1. The number of ether oxygens (including phenoxy) is 2. The zero-order valence-corrected chi connectivity index (χ0v) is 16.0. The molecule has 0 radical (unpaired) electrons. The summed E-state index contributed by atoms with van der Waals surface area (Å²) in [4.78, 5) is 30.1. The molecule has 7 nitrogen and oxygen atoms in total. The predicted molar refractivity (Wildman–Crippen MR) is 93.2 cm³/mol. The number of carbonyl (C=O) groups excluding carboxylic acids is 2. The van der Waals surface area contributed by atoms with Gasteiger partial charge in [0.25, 0.3) is 0 Å². The van der Waals surface area contributed by atoms with Crippen molar-refractivity contribution < 1.29 is 23.9 Å². The van der Waals surface area contributed by atoms with Crippen LogP contribution in [-0.2, 0) is 19.1 Å². The Morgan fingerprint density at radius 3 is 2.48 bits per heavy atom. The molecular formula is C18H30N2O5. The maximum absolute atomic E-state index is 12.3. The van der Waals surface area contributed by atoms with Gasteiger partial charge in [0.05, 0.1) is 30.7 Å². The highest BCUT2D eigenvalue weighted by atomic mass is 16.6. The smallest absolute Gasteiger partial charge is 0.408 e. The molecule has 0 aromatic rings. The minimum atomic E-state index is -0.586. The van der Waals surface area contributed by atoms with Crippen molar-refractivity contribution in [2.24, 2.45) is 22.9 Å². The molecule has 25 heavy (non-hydrogen) atoms. The summed E-state index contributed by atoms with van der Waals surface area (Å²) in [6.07, 6.45) is 1.45. The van der Waals surface area contributed by atoms with Crippen LogP contribution < -0.4 is 5.32 Å². The normalized spacial score (nSPS) is 28.2. The Hall–Kier alpha value is -1.79. The third kappa shape index (κ3) is 4.25. The van der Waals surface area contributed by atoms with Crippen LogP contribution >= 0.6 is 0 Å². The Bertz CT molecular complexity index is 536. The summed E-state index contributed by atoms with van der Waals surface area (Å²) in [5.74, 6) is -0.538. The topological polar surface area (TPSA) is 86.2 Å². The van der Waals surface area contributed by atoms with Gasteiger partial charge in [-0.05, 0) is 40.0 Å². The van der Waals surface area contributed by atoms with Crippen molar-refractivity contribution in [1.29, 1.82) is 0 Å². The van der Waals surface area contributed by atoms with Gasteiger partial charge < -0.3 is 19.6 Å². The lowest BCUT2D eigenvalue weighted by molar-refractivity contribution is -0.146. The number of nitrogens with one attached hydrogen (secondary N) is 1. The van der Waals surface area contributed by atoms with E-state index in [9.17, 15) is 9.59 Å². The summed E-state index contributed by atoms with van der Waals surface area (Å²) in [6.45, 7) is 9.62. The molecular weight excluding hydrogens is 324 g/mol. The summed E-state index contributed by atoms with van der Waals surface area (Å²) in [5.41, 5.74) is 0.330. The molecule has 7 heteroatoms. The fourth-order valence-electron chi connectivity index (χ4n) is 3.78. The SMILES string of the molecule is CCC(CC)C1=NO[C@H]2[C@@H]1[C@@H](C(=O)OC)C[C@H]2NC(=O)OC(C)(C)C. The first kappa shape index (κ1) is 19.5. The minimum absolute atomic E-state index is 0.155. The van der Waals surface area contributed by atoms with Crippen LogP contribution in [-0.4, -0.2) is 42.6 Å². The fourth-order valence-corrected chi connectivity index (χ4v) is 3.78. The molecule has 1 saturated carbocycles. The number of amides is 1. The second-order valence-electron chi connectivity index (χ2n) is 7.74. The maximum atomic E-state index is 12.3. The molecule has 0 spiro atoms. The molecule has 2 aliphatic rings. The van der Waals surface area contributed by atoms with Gasteiger partial charge in [-0.2, -0.15) is 0 Å². The monoisotopic (exact) mass is 354 g/mol. The van der Waals surface area contributed by atoms with Crippen LogP contribution in [0.25, 0.3) is 0 Å². The van der Waals surface area contributed by atoms with Gasteiger partial charge in [-0.15, -0.1) is 0 Å². The van der Waals surface area contributed by atoms with E-state index in [0.29, 0.717) is 6.42 Å². The number of alkyl carbamates (subject to hydrolysis) is 1. The average Bonchev–Trinajstić information content (AvgIpc) is 3.08. The van der Waals surface area contributed by atoms with E-state index >= 15 is 0 Å². The quantitative estimate of drug-likeness (QED) is 0.767. The lowest BCUT2D eigenvalue weighted by atomic mass is 9.82. The van der Waals surface area contributed by atoms with E-state index < -0.39 is 11.7 Å². The third-order valence-electron chi connectivity index (χ3n) is 4.92. The molecule has 0 bridgehead atoms. The van der Waals surface area contributed by atoms with Gasteiger partial charge in [-0.25, -0.2) is 4.79 Å². The highest BCUT2D eigenvalue weighted by Crippen LogP contribution is 2.42. The zero-order chi connectivity index (χ0) is 18.8. The minimum Gasteiger partial charge on any atom is -0.469 e. The highest BCUT2D eigenvalue weighted by Gasteiger charge is 2.55. The molecule has 0 aromatic carbocycles. The molecule has 0 unspecified atom stereocenters. The Morgan fingerprint density at radius 1 is 1.32 bits per heavy atom. The number of carbonyl (C=O) groups is 2. The van der Waals surface area contributed by atoms with E-state index in [1.54, 1.807) is 0 Å². The summed E-state index contributed by atoms with van der Waals surface area (Å²) >= 11 is 0. The number of fused-ring (bicyclic) bond motifs is 1. The van der Waals surface area contributed by atoms with Gasteiger partial charge >= 0.3 is 12.1 Å². The first-order valence-corrected chi connectivity index (χ1v) is 9.02. The van der Waals surface area contributed by atoms with Crippen LogP contribution in [0.5, 0.6) is 0 Å². The van der Waals surface area contributed by atoms with Crippen molar-refractivity contribution in [2.45, 2.75) is 71.6 Å². The summed E-state index contributed by atoms with van der Waals surface area (Å²) in [7, 11) is 1.38. The number of nitrogens with zero attached hydrogens (tertiary/aromatic N) is 1. The van der Waals surface area contributed by atoms with Crippen LogP contribution in [0.15, 0.2) is 5.16 Å². The molecule has 2 rings (SSSR count). The van der Waals surface area contributed by atoms with E-state index in [2.05, 4.69) is 24.3 Å². The number of methoxy groups -OCH3 is 1. The Kier molecular flexibility index (Phi) is 5.95. The molecule has 1 aliphatic heterocycles. The van der Waals surface area contributed by atoms with E-state index in [1.165, 1.54) is 7.11 Å². The number of rotatable bonds is 5. The van der Waals surface area contributed by atoms with Crippen molar-refractivity contribution in [3.05, 3.63) is 0 Å². The molecule has 0 saturated heterocycles. The van der Waals surface area contributed by atoms with Crippen LogP contribution in [0.2, 0.25) is 0 Å². The average molecular weight is 354 g/mol. The number of oxime groups is 1. The Balaban J connectivity index is 2.17. The molecule has 1 fully saturated rings. The molecule has 1 amide bonds. The van der Waals surface area contributed by atoms with E-state index in [-0.39, 0.29) is 35.9 Å². The zero-order valence-electron chi connectivity index (χ0n) is 16.0. The second-order valence-corrected chi connectivity index (χ2v) is 7.74. The van der Waals surface area contributed by atoms with Crippen molar-refractivity contribution in [3.63, 3.8) is 0 Å². The Morgan fingerprint density at radius 2 is 1.96 bits per heavy atom. The van der Waals surface area contributed by atoms with Crippen LogP contribution in [0.3, 0.4) is 0 Å². The van der Waals surface area contributed by atoms with Gasteiger partial charge in [0.1, 0.15) is 5.60 Å². The predicted octanol–water partition coefficient (Wildman–Crippen LogP) is 2.88. The largest absolute Gasteiger partial charge is 0.469 e. The van der Waals surface area contributed by atoms with E-state index in [1.807, 2.05) is 20.8 Å². The van der Waals surface area contributed by atoms with Gasteiger partial charge in [0.2, 0.25) is 0 Å². The van der Waals surface area contributed by atoms with Crippen molar-refractivity contribution >= 4 is 17.8 Å². The highest BCUT2D eigenvalue weighted by molar-refractivity contribution is 5.94.